The van der Waals surface area contributed by atoms with Gasteiger partial charge in [-0.15, -0.1) is 0 Å². The summed E-state index contributed by atoms with van der Waals surface area (Å²) in [6.45, 7) is 1.03. The number of likely N-dealkylation sites (N-methyl/N-ethyl adjacent to an activating group) is 1. The Morgan fingerprint density at radius 3 is 2.87 bits per heavy atom. The minimum Gasteiger partial charge on any atom is -0.496 e. The Kier molecular flexibility index (Phi) is 6.62. The molecule has 31 heavy (non-hydrogen) atoms. The number of benzene rings is 2. The van der Waals surface area contributed by atoms with E-state index < -0.39 is 5.82 Å². The summed E-state index contributed by atoms with van der Waals surface area (Å²) < 4.78 is 30.8. The lowest BCUT2D eigenvalue weighted by Crippen LogP contribution is -2.33. The number of anilines is 1. The lowest BCUT2D eigenvalue weighted by Gasteiger charge is -2.31. The molecular weight excluding hydrogens is 399 g/mol. The molecule has 0 spiro atoms. The van der Waals surface area contributed by atoms with Crippen LogP contribution in [0.4, 0.5) is 10.1 Å². The highest BCUT2D eigenvalue weighted by atomic mass is 19.1. The molecule has 0 aliphatic carbocycles. The third-order valence-electron chi connectivity index (χ3n) is 5.29. The second-order valence-corrected chi connectivity index (χ2v) is 7.54. The number of allylic oxidation sites excluding steroid dienone is 1. The van der Waals surface area contributed by atoms with Crippen molar-refractivity contribution in [3.05, 3.63) is 71.4 Å². The van der Waals surface area contributed by atoms with E-state index in [4.69, 9.17) is 19.0 Å². The van der Waals surface area contributed by atoms with Gasteiger partial charge in [-0.2, -0.15) is 0 Å². The summed E-state index contributed by atoms with van der Waals surface area (Å²) in [5.74, 6) is 1.12. The fourth-order valence-corrected chi connectivity index (χ4v) is 3.64. The largest absolute Gasteiger partial charge is 0.496 e. The molecule has 7 heteroatoms. The van der Waals surface area contributed by atoms with E-state index in [2.05, 4.69) is 16.4 Å². The van der Waals surface area contributed by atoms with Crippen LogP contribution in [0, 0.1) is 5.82 Å². The van der Waals surface area contributed by atoms with Gasteiger partial charge in [-0.1, -0.05) is 12.1 Å². The summed E-state index contributed by atoms with van der Waals surface area (Å²) in [4.78, 5) is 7.50. The maximum atomic E-state index is 14.0. The molecule has 2 aromatic carbocycles. The number of halogens is 1. The first-order valence-corrected chi connectivity index (χ1v) is 10.4. The van der Waals surface area contributed by atoms with Crippen LogP contribution in [-0.2, 0) is 16.1 Å². The number of rotatable bonds is 7. The first-order chi connectivity index (χ1) is 15.1. The number of fused-ring (bicyclic) bond motifs is 1. The van der Waals surface area contributed by atoms with Gasteiger partial charge in [-0.25, -0.2) is 9.87 Å². The molecule has 0 bridgehead atoms. The van der Waals surface area contributed by atoms with Gasteiger partial charge in [0, 0.05) is 44.5 Å². The fourth-order valence-electron chi connectivity index (χ4n) is 3.64. The number of hydrogen-bond acceptors (Lipinski definition) is 6. The van der Waals surface area contributed by atoms with Crippen molar-refractivity contribution in [2.45, 2.75) is 32.1 Å². The van der Waals surface area contributed by atoms with Gasteiger partial charge in [0.15, 0.2) is 5.75 Å². The van der Waals surface area contributed by atoms with E-state index in [1.807, 2.05) is 31.3 Å². The van der Waals surface area contributed by atoms with Crippen molar-refractivity contribution in [1.82, 2.24) is 5.48 Å². The van der Waals surface area contributed by atoms with Crippen LogP contribution in [0.5, 0.6) is 11.5 Å². The number of ether oxygens (including phenoxy) is 3. The molecule has 1 fully saturated rings. The van der Waals surface area contributed by atoms with Crippen LogP contribution in [0.1, 0.15) is 30.4 Å². The molecular formula is C24H27FN2O4. The molecule has 4 rings (SSSR count). The van der Waals surface area contributed by atoms with Crippen molar-refractivity contribution < 1.29 is 23.4 Å². The molecule has 2 heterocycles. The summed E-state index contributed by atoms with van der Waals surface area (Å²) in [6, 6.07) is 10.4. The normalized spacial score (nSPS) is 19.0. The highest BCUT2D eigenvalue weighted by Gasteiger charge is 2.18. The number of hydroxylamine groups is 1. The van der Waals surface area contributed by atoms with Crippen LogP contribution in [0.25, 0.3) is 6.08 Å². The van der Waals surface area contributed by atoms with Crippen molar-refractivity contribution in [3.8, 4) is 11.5 Å². The smallest absolute Gasteiger partial charge is 0.161 e. The second kappa shape index (κ2) is 9.75. The maximum Gasteiger partial charge on any atom is 0.161 e. The second-order valence-electron chi connectivity index (χ2n) is 7.54. The Bertz CT molecular complexity index is 968. The van der Waals surface area contributed by atoms with Gasteiger partial charge in [0.1, 0.15) is 30.2 Å². The Morgan fingerprint density at radius 2 is 2.06 bits per heavy atom. The molecule has 2 aromatic rings. The summed E-state index contributed by atoms with van der Waals surface area (Å²) in [6.07, 6.45) is 8.65. The zero-order chi connectivity index (χ0) is 21.6. The van der Waals surface area contributed by atoms with E-state index in [1.54, 1.807) is 19.4 Å². The van der Waals surface area contributed by atoms with Gasteiger partial charge in [-0.3, -0.25) is 0 Å². The molecule has 1 unspecified atom stereocenters. The average Bonchev–Trinajstić information content (AvgIpc) is 2.78. The Morgan fingerprint density at radius 1 is 1.19 bits per heavy atom. The number of methoxy groups -OCH3 is 1. The van der Waals surface area contributed by atoms with E-state index in [0.29, 0.717) is 24.7 Å². The predicted octanol–water partition coefficient (Wildman–Crippen LogP) is 4.77. The molecule has 1 saturated heterocycles. The number of nitrogens with zero attached hydrogens (tertiary/aromatic N) is 1. The van der Waals surface area contributed by atoms with Crippen LogP contribution >= 0.6 is 0 Å². The maximum absolute atomic E-state index is 14.0. The van der Waals surface area contributed by atoms with Crippen LogP contribution in [-0.4, -0.2) is 27.0 Å². The zero-order valence-corrected chi connectivity index (χ0v) is 17.8. The van der Waals surface area contributed by atoms with E-state index in [0.717, 1.165) is 41.8 Å². The summed E-state index contributed by atoms with van der Waals surface area (Å²) in [5, 5.41) is 0. The Hall–Kier alpha value is -3.19. The number of hydrogen-bond donors (Lipinski definition) is 1. The summed E-state index contributed by atoms with van der Waals surface area (Å²) in [5.41, 5.74) is 5.87. The summed E-state index contributed by atoms with van der Waals surface area (Å²) >= 11 is 0. The monoisotopic (exact) mass is 426 g/mol. The summed E-state index contributed by atoms with van der Waals surface area (Å²) in [7, 11) is 3.68. The lowest BCUT2D eigenvalue weighted by molar-refractivity contribution is 0.141. The molecule has 1 atom stereocenters. The lowest BCUT2D eigenvalue weighted by atomic mass is 10.0. The van der Waals surface area contributed by atoms with E-state index in [-0.39, 0.29) is 6.23 Å². The SMILES string of the molecule is COC1C=Cc2cc(COc3cc(F)cc(ONC=C4CCCCO4)c3)ccc2N1C. The van der Waals surface area contributed by atoms with Crippen molar-refractivity contribution >= 4 is 11.8 Å². The first-order valence-electron chi connectivity index (χ1n) is 10.4. The van der Waals surface area contributed by atoms with E-state index in [1.165, 1.54) is 12.1 Å². The molecule has 0 aromatic heterocycles. The van der Waals surface area contributed by atoms with Crippen molar-refractivity contribution in [3.63, 3.8) is 0 Å². The van der Waals surface area contributed by atoms with Gasteiger partial charge in [0.25, 0.3) is 0 Å². The minimum absolute atomic E-state index is 0.0748. The molecule has 0 amide bonds. The Labute approximate surface area is 181 Å². The van der Waals surface area contributed by atoms with Gasteiger partial charge in [0.2, 0.25) is 0 Å². The molecule has 0 radical (unpaired) electrons. The molecule has 0 saturated carbocycles. The van der Waals surface area contributed by atoms with Crippen LogP contribution < -0.4 is 20.0 Å². The van der Waals surface area contributed by atoms with Crippen molar-refractivity contribution in [2.24, 2.45) is 0 Å². The standard InChI is InChI=1S/C24H27FN2O4/c1-27-23-8-6-17(11-18(23)7-9-24(27)28-2)16-30-21-12-19(25)13-22(14-21)31-26-15-20-5-3-4-10-29-20/h6-9,11-15,24,26H,3-5,10,16H2,1-2H3. The quantitative estimate of drug-likeness (QED) is 0.644. The molecule has 2 aliphatic rings. The van der Waals surface area contributed by atoms with Gasteiger partial charge in [-0.05, 0) is 42.2 Å². The molecule has 2 aliphatic heterocycles. The molecule has 1 N–H and O–H groups in total. The Balaban J connectivity index is 1.37. The van der Waals surface area contributed by atoms with Crippen LogP contribution in [0.2, 0.25) is 0 Å². The fraction of sp³-hybridized carbons (Fsp3) is 0.333. The topological polar surface area (TPSA) is 52.2 Å². The minimum atomic E-state index is -0.434. The van der Waals surface area contributed by atoms with Crippen LogP contribution in [0.3, 0.4) is 0 Å². The highest BCUT2D eigenvalue weighted by molar-refractivity contribution is 5.72. The third-order valence-corrected chi connectivity index (χ3v) is 5.29. The first kappa shape index (κ1) is 21.1. The highest BCUT2D eigenvalue weighted by Crippen LogP contribution is 2.30. The third kappa shape index (κ3) is 5.30. The van der Waals surface area contributed by atoms with Crippen molar-refractivity contribution in [2.75, 3.05) is 25.7 Å². The predicted molar refractivity (Wildman–Crippen MR) is 117 cm³/mol. The van der Waals surface area contributed by atoms with Gasteiger partial charge >= 0.3 is 0 Å². The van der Waals surface area contributed by atoms with E-state index in [9.17, 15) is 4.39 Å². The van der Waals surface area contributed by atoms with Crippen molar-refractivity contribution in [1.29, 1.82) is 0 Å². The van der Waals surface area contributed by atoms with E-state index >= 15 is 0 Å². The van der Waals surface area contributed by atoms with Gasteiger partial charge < -0.3 is 23.9 Å². The molecule has 6 nitrogen and oxygen atoms in total. The van der Waals surface area contributed by atoms with Crippen LogP contribution in [0.15, 0.2) is 54.4 Å². The van der Waals surface area contributed by atoms with Gasteiger partial charge in [0.05, 0.1) is 12.8 Å². The zero-order valence-electron chi connectivity index (χ0n) is 17.8. The number of nitrogens with one attached hydrogen (secondary N) is 1. The molecule has 164 valence electrons. The average molecular weight is 426 g/mol.